The van der Waals surface area contributed by atoms with Crippen molar-refractivity contribution in [3.05, 3.63) is 64.6 Å². The molecule has 0 saturated heterocycles. The maximum Gasteiger partial charge on any atom is 0.255 e. The van der Waals surface area contributed by atoms with Crippen LogP contribution < -0.4 is 20.3 Å². The third kappa shape index (κ3) is 3.98. The van der Waals surface area contributed by atoms with Gasteiger partial charge in [0.05, 0.1) is 37.7 Å². The van der Waals surface area contributed by atoms with Crippen molar-refractivity contribution in [3.63, 3.8) is 0 Å². The third-order valence-electron chi connectivity index (χ3n) is 4.13. The molecule has 0 spiro atoms. The summed E-state index contributed by atoms with van der Waals surface area (Å²) in [7, 11) is 4.59. The number of hydrogen-bond acceptors (Lipinski definition) is 7. The molecule has 0 radical (unpaired) electrons. The number of ether oxygens (including phenoxy) is 2. The van der Waals surface area contributed by atoms with Crippen LogP contribution in [0.1, 0.15) is 16.2 Å². The minimum atomic E-state index is -0.377. The van der Waals surface area contributed by atoms with E-state index in [0.29, 0.717) is 34.3 Å². The zero-order chi connectivity index (χ0) is 20.1. The number of carbonyl (C=O) groups excluding carboxylic acids is 1. The van der Waals surface area contributed by atoms with Crippen molar-refractivity contribution in [2.24, 2.45) is 7.05 Å². The van der Waals surface area contributed by atoms with Gasteiger partial charge in [-0.2, -0.15) is 0 Å². The normalized spacial score (nSPS) is 10.4. The molecule has 1 aromatic carbocycles. The maximum atomic E-state index is 12.6. The molecule has 2 aromatic heterocycles. The molecular weight excluding hydrogens is 362 g/mol. The fourth-order valence-corrected chi connectivity index (χ4v) is 2.56. The lowest BCUT2D eigenvalue weighted by Crippen LogP contribution is -2.29. The molecule has 0 unspecified atom stereocenters. The predicted molar refractivity (Wildman–Crippen MR) is 101 cm³/mol. The van der Waals surface area contributed by atoms with Gasteiger partial charge in [-0.3, -0.25) is 14.2 Å². The molecule has 0 bridgehead atoms. The van der Waals surface area contributed by atoms with Gasteiger partial charge in [-0.05, 0) is 24.3 Å². The van der Waals surface area contributed by atoms with E-state index in [-0.39, 0.29) is 18.0 Å². The molecule has 1 amide bonds. The number of hydrogen-bond donors (Lipinski definition) is 1. The molecule has 0 atom stereocenters. The summed E-state index contributed by atoms with van der Waals surface area (Å²) in [6, 6.07) is 7.98. The van der Waals surface area contributed by atoms with Gasteiger partial charge in [-0.1, -0.05) is 0 Å². The van der Waals surface area contributed by atoms with Gasteiger partial charge in [0, 0.05) is 19.3 Å². The highest BCUT2D eigenvalue weighted by molar-refractivity contribution is 5.97. The van der Waals surface area contributed by atoms with E-state index >= 15 is 0 Å². The van der Waals surface area contributed by atoms with Crippen molar-refractivity contribution >= 4 is 5.91 Å². The number of nitrogens with one attached hydrogen (secondary N) is 1. The number of rotatable bonds is 6. The first-order valence-corrected chi connectivity index (χ1v) is 8.37. The molecule has 3 aromatic rings. The zero-order valence-electron chi connectivity index (χ0n) is 15.7. The average molecular weight is 381 g/mol. The molecule has 0 saturated carbocycles. The number of carbonyl (C=O) groups is 1. The van der Waals surface area contributed by atoms with Crippen LogP contribution in [0.5, 0.6) is 11.5 Å². The Morgan fingerprint density at radius 2 is 1.96 bits per heavy atom. The Kier molecular flexibility index (Phi) is 5.64. The van der Waals surface area contributed by atoms with E-state index in [1.165, 1.54) is 31.2 Å². The second kappa shape index (κ2) is 8.30. The Hall–Kier alpha value is -3.75. The van der Waals surface area contributed by atoms with Crippen LogP contribution in [0, 0.1) is 0 Å². The van der Waals surface area contributed by atoms with E-state index in [0.717, 1.165) is 0 Å². The van der Waals surface area contributed by atoms with Crippen molar-refractivity contribution in [2.45, 2.75) is 6.54 Å². The van der Waals surface area contributed by atoms with E-state index in [1.54, 1.807) is 37.5 Å². The maximum absolute atomic E-state index is 12.6. The van der Waals surface area contributed by atoms with Crippen LogP contribution in [0.3, 0.4) is 0 Å². The molecule has 0 fully saturated rings. The number of nitrogens with zero attached hydrogens (tertiary/aromatic N) is 4. The summed E-state index contributed by atoms with van der Waals surface area (Å²) in [6.45, 7) is 0.0455. The number of aromatic nitrogens is 4. The lowest BCUT2D eigenvalue weighted by molar-refractivity contribution is 0.0946. The lowest BCUT2D eigenvalue weighted by atomic mass is 10.1. The molecule has 28 heavy (non-hydrogen) atoms. The summed E-state index contributed by atoms with van der Waals surface area (Å²) in [6.07, 6.45) is 2.95. The smallest absolute Gasteiger partial charge is 0.255 e. The molecule has 9 heteroatoms. The quantitative estimate of drug-likeness (QED) is 0.683. The van der Waals surface area contributed by atoms with E-state index in [9.17, 15) is 9.59 Å². The summed E-state index contributed by atoms with van der Waals surface area (Å²) in [5.74, 6) is 0.950. The highest BCUT2D eigenvalue weighted by atomic mass is 16.5. The molecule has 3 rings (SSSR count). The topological polar surface area (TPSA) is 108 Å². The van der Waals surface area contributed by atoms with Gasteiger partial charge in [-0.15, -0.1) is 0 Å². The summed E-state index contributed by atoms with van der Waals surface area (Å²) < 4.78 is 11.8. The molecule has 0 aliphatic carbocycles. The standard InChI is InChI=1S/C19H19N5O4/c1-24-17(23-15(9-18(24)25)14-6-7-20-11-22-14)10-21-19(26)13-8-12(27-2)4-5-16(13)28-3/h4-9,11H,10H2,1-3H3,(H,21,26). The van der Waals surface area contributed by atoms with Crippen molar-refractivity contribution in [2.75, 3.05) is 14.2 Å². The summed E-state index contributed by atoms with van der Waals surface area (Å²) in [4.78, 5) is 37.3. The Morgan fingerprint density at radius 1 is 1.14 bits per heavy atom. The second-order valence-corrected chi connectivity index (χ2v) is 5.80. The third-order valence-corrected chi connectivity index (χ3v) is 4.13. The number of methoxy groups -OCH3 is 2. The Bertz CT molecular complexity index is 1050. The first-order valence-electron chi connectivity index (χ1n) is 8.37. The van der Waals surface area contributed by atoms with E-state index in [1.807, 2.05) is 0 Å². The molecular formula is C19H19N5O4. The van der Waals surface area contributed by atoms with Crippen molar-refractivity contribution < 1.29 is 14.3 Å². The Morgan fingerprint density at radius 3 is 2.64 bits per heavy atom. The fraction of sp³-hybridized carbons (Fsp3) is 0.211. The van der Waals surface area contributed by atoms with Crippen LogP contribution in [0.15, 0.2) is 47.7 Å². The predicted octanol–water partition coefficient (Wildman–Crippen LogP) is 1.18. The minimum Gasteiger partial charge on any atom is -0.497 e. The average Bonchev–Trinajstić information content (AvgIpc) is 2.74. The minimum absolute atomic E-state index is 0.0455. The van der Waals surface area contributed by atoms with Crippen LogP contribution >= 0.6 is 0 Å². The van der Waals surface area contributed by atoms with Crippen molar-refractivity contribution in [1.82, 2.24) is 24.8 Å². The second-order valence-electron chi connectivity index (χ2n) is 5.80. The van der Waals surface area contributed by atoms with Crippen molar-refractivity contribution in [3.8, 4) is 22.9 Å². The molecule has 1 N–H and O–H groups in total. The van der Waals surface area contributed by atoms with Crippen LogP contribution in [0.2, 0.25) is 0 Å². The SMILES string of the molecule is COc1ccc(OC)c(C(=O)NCc2nc(-c3ccncn3)cc(=O)n2C)c1. The Labute approximate surface area is 161 Å². The molecule has 0 aliphatic rings. The largest absolute Gasteiger partial charge is 0.497 e. The van der Waals surface area contributed by atoms with Crippen molar-refractivity contribution in [1.29, 1.82) is 0 Å². The lowest BCUT2D eigenvalue weighted by Gasteiger charge is -2.13. The number of benzene rings is 1. The Balaban J connectivity index is 1.86. The van der Waals surface area contributed by atoms with Gasteiger partial charge in [-0.25, -0.2) is 15.0 Å². The summed E-state index contributed by atoms with van der Waals surface area (Å²) in [5, 5.41) is 2.76. The highest BCUT2D eigenvalue weighted by Gasteiger charge is 2.15. The van der Waals surface area contributed by atoms with Crippen LogP contribution in [0.25, 0.3) is 11.4 Å². The van der Waals surface area contributed by atoms with E-state index in [2.05, 4.69) is 20.3 Å². The molecule has 0 aliphatic heterocycles. The van der Waals surface area contributed by atoms with E-state index in [4.69, 9.17) is 9.47 Å². The molecule has 9 nitrogen and oxygen atoms in total. The van der Waals surface area contributed by atoms with E-state index < -0.39 is 0 Å². The van der Waals surface area contributed by atoms with Gasteiger partial charge in [0.2, 0.25) is 0 Å². The number of amides is 1. The molecule has 144 valence electrons. The van der Waals surface area contributed by atoms with Crippen LogP contribution in [-0.2, 0) is 13.6 Å². The monoisotopic (exact) mass is 381 g/mol. The van der Waals surface area contributed by atoms with Gasteiger partial charge in [0.15, 0.2) is 0 Å². The first-order chi connectivity index (χ1) is 13.5. The van der Waals surface area contributed by atoms with Crippen LogP contribution in [0.4, 0.5) is 0 Å². The highest BCUT2D eigenvalue weighted by Crippen LogP contribution is 2.23. The molecule has 2 heterocycles. The van der Waals surface area contributed by atoms with Gasteiger partial charge in [0.25, 0.3) is 11.5 Å². The van der Waals surface area contributed by atoms with Gasteiger partial charge >= 0.3 is 0 Å². The zero-order valence-corrected chi connectivity index (χ0v) is 15.7. The van der Waals surface area contributed by atoms with Gasteiger partial charge in [0.1, 0.15) is 23.7 Å². The van der Waals surface area contributed by atoms with Crippen LogP contribution in [-0.4, -0.2) is 39.6 Å². The first kappa shape index (κ1) is 19.0. The fourth-order valence-electron chi connectivity index (χ4n) is 2.56. The summed E-state index contributed by atoms with van der Waals surface area (Å²) >= 11 is 0. The summed E-state index contributed by atoms with van der Waals surface area (Å²) in [5.41, 5.74) is 0.995. The van der Waals surface area contributed by atoms with Gasteiger partial charge < -0.3 is 14.8 Å².